The molecule has 2 heterocycles. The van der Waals surface area contributed by atoms with E-state index in [1.807, 2.05) is 24.3 Å². The Kier molecular flexibility index (Phi) is 4.34. The van der Waals surface area contributed by atoms with Crippen molar-refractivity contribution in [2.45, 2.75) is 31.7 Å². The first-order valence-electron chi connectivity index (χ1n) is 7.84. The molecule has 0 bridgehead atoms. The van der Waals surface area contributed by atoms with Crippen molar-refractivity contribution < 1.29 is 0 Å². The van der Waals surface area contributed by atoms with Gasteiger partial charge in [-0.25, -0.2) is 4.98 Å². The first kappa shape index (κ1) is 14.3. The van der Waals surface area contributed by atoms with Gasteiger partial charge in [-0.1, -0.05) is 0 Å². The van der Waals surface area contributed by atoms with Crippen LogP contribution in [0.4, 0.5) is 5.82 Å². The molecule has 0 radical (unpaired) electrons. The molecule has 2 aromatic rings. The molecule has 0 atom stereocenters. The summed E-state index contributed by atoms with van der Waals surface area (Å²) in [5, 5.41) is 3.50. The summed E-state index contributed by atoms with van der Waals surface area (Å²) in [4.78, 5) is 11.3. The maximum absolute atomic E-state index is 4.62. The van der Waals surface area contributed by atoms with Crippen molar-refractivity contribution in [1.29, 1.82) is 0 Å². The number of fused-ring (bicyclic) bond motifs is 1. The van der Waals surface area contributed by atoms with Crippen molar-refractivity contribution >= 4 is 16.9 Å². The van der Waals surface area contributed by atoms with Gasteiger partial charge in [0.2, 0.25) is 0 Å². The lowest BCUT2D eigenvalue weighted by Crippen LogP contribution is -2.33. The largest absolute Gasteiger partial charge is 0.370 e. The highest BCUT2D eigenvalue weighted by molar-refractivity contribution is 5.75. The molecule has 4 nitrogen and oxygen atoms in total. The van der Waals surface area contributed by atoms with Crippen LogP contribution >= 0.6 is 0 Å². The second-order valence-electron chi connectivity index (χ2n) is 6.26. The quantitative estimate of drug-likeness (QED) is 0.936. The molecule has 2 aromatic heterocycles. The van der Waals surface area contributed by atoms with E-state index >= 15 is 0 Å². The van der Waals surface area contributed by atoms with Crippen LogP contribution in [0.3, 0.4) is 0 Å². The minimum Gasteiger partial charge on any atom is -0.370 e. The van der Waals surface area contributed by atoms with Gasteiger partial charge in [-0.2, -0.15) is 0 Å². The summed E-state index contributed by atoms with van der Waals surface area (Å²) in [7, 11) is 4.38. The summed E-state index contributed by atoms with van der Waals surface area (Å²) in [6.45, 7) is 1.03. The Labute approximate surface area is 126 Å². The second-order valence-corrected chi connectivity index (χ2v) is 6.26. The van der Waals surface area contributed by atoms with Crippen molar-refractivity contribution in [3.8, 4) is 0 Å². The number of aromatic nitrogens is 2. The Morgan fingerprint density at radius 3 is 2.67 bits per heavy atom. The lowest BCUT2D eigenvalue weighted by Gasteiger charge is -2.32. The van der Waals surface area contributed by atoms with E-state index in [9.17, 15) is 0 Å². The molecule has 1 saturated carbocycles. The summed E-state index contributed by atoms with van der Waals surface area (Å²) in [6, 6.07) is 8.78. The normalized spacial score (nSPS) is 22.6. The standard InChI is InChI=1S/C17H24N4/c1-21(2)14-7-5-13(6-8-14)12-19-17-10-9-15-16(20-17)4-3-11-18-15/h3-4,9-11,13-14H,5-8,12H2,1-2H3,(H,19,20)/t13-,14-. The topological polar surface area (TPSA) is 41.0 Å². The fraction of sp³-hybridized carbons (Fsp3) is 0.529. The Bertz CT molecular complexity index is 588. The summed E-state index contributed by atoms with van der Waals surface area (Å²) < 4.78 is 0. The monoisotopic (exact) mass is 284 g/mol. The van der Waals surface area contributed by atoms with Gasteiger partial charge in [0.15, 0.2) is 0 Å². The Morgan fingerprint density at radius 2 is 1.90 bits per heavy atom. The maximum atomic E-state index is 4.62. The number of rotatable bonds is 4. The molecule has 1 N–H and O–H groups in total. The molecule has 0 amide bonds. The molecule has 0 aromatic carbocycles. The molecule has 0 saturated heterocycles. The second kappa shape index (κ2) is 6.39. The highest BCUT2D eigenvalue weighted by Crippen LogP contribution is 2.26. The lowest BCUT2D eigenvalue weighted by atomic mass is 9.85. The van der Waals surface area contributed by atoms with Crippen molar-refractivity contribution in [3.63, 3.8) is 0 Å². The molecule has 0 spiro atoms. The molecular weight excluding hydrogens is 260 g/mol. The van der Waals surface area contributed by atoms with Crippen LogP contribution in [0.25, 0.3) is 11.0 Å². The summed E-state index contributed by atoms with van der Waals surface area (Å²) >= 11 is 0. The molecule has 1 aliphatic rings. The Hall–Kier alpha value is -1.68. The highest BCUT2D eigenvalue weighted by atomic mass is 15.1. The van der Waals surface area contributed by atoms with Gasteiger partial charge in [-0.15, -0.1) is 0 Å². The predicted molar refractivity (Wildman–Crippen MR) is 87.5 cm³/mol. The zero-order chi connectivity index (χ0) is 14.7. The Balaban J connectivity index is 1.55. The van der Waals surface area contributed by atoms with Crippen LogP contribution in [0.5, 0.6) is 0 Å². The van der Waals surface area contributed by atoms with Gasteiger partial charge in [0.05, 0.1) is 11.0 Å². The van der Waals surface area contributed by atoms with Crippen molar-refractivity contribution in [2.24, 2.45) is 5.92 Å². The van der Waals surface area contributed by atoms with E-state index in [0.717, 1.165) is 35.4 Å². The van der Waals surface area contributed by atoms with Crippen LogP contribution in [-0.4, -0.2) is 41.5 Å². The van der Waals surface area contributed by atoms with Crippen molar-refractivity contribution in [3.05, 3.63) is 30.5 Å². The maximum Gasteiger partial charge on any atom is 0.126 e. The Morgan fingerprint density at radius 1 is 1.10 bits per heavy atom. The third-order valence-electron chi connectivity index (χ3n) is 4.57. The zero-order valence-corrected chi connectivity index (χ0v) is 12.9. The smallest absolute Gasteiger partial charge is 0.126 e. The van der Waals surface area contributed by atoms with E-state index in [0.29, 0.717) is 0 Å². The minimum absolute atomic E-state index is 0.770. The van der Waals surface area contributed by atoms with Crippen LogP contribution in [0, 0.1) is 5.92 Å². The molecule has 21 heavy (non-hydrogen) atoms. The fourth-order valence-electron chi connectivity index (χ4n) is 3.17. The van der Waals surface area contributed by atoms with Crippen molar-refractivity contribution in [2.75, 3.05) is 26.0 Å². The van der Waals surface area contributed by atoms with Gasteiger partial charge >= 0.3 is 0 Å². The summed E-state index contributed by atoms with van der Waals surface area (Å²) in [5.41, 5.74) is 1.91. The molecule has 3 rings (SSSR count). The molecule has 1 aliphatic carbocycles. The summed E-state index contributed by atoms with van der Waals surface area (Å²) in [6.07, 6.45) is 7.05. The predicted octanol–water partition coefficient (Wildman–Crippen LogP) is 3.16. The number of hydrogen-bond donors (Lipinski definition) is 1. The van der Waals surface area contributed by atoms with Gasteiger partial charge in [0.1, 0.15) is 5.82 Å². The first-order valence-corrected chi connectivity index (χ1v) is 7.84. The highest BCUT2D eigenvalue weighted by Gasteiger charge is 2.22. The molecule has 0 aliphatic heterocycles. The minimum atomic E-state index is 0.770. The van der Waals surface area contributed by atoms with Crippen LogP contribution in [0.15, 0.2) is 30.5 Å². The third-order valence-corrected chi connectivity index (χ3v) is 4.57. The SMILES string of the molecule is CN(C)[C@H]1CC[C@H](CNc2ccc3ncccc3n2)CC1. The van der Waals surface area contributed by atoms with Crippen LogP contribution in [0.2, 0.25) is 0 Å². The van der Waals surface area contributed by atoms with Gasteiger partial charge in [-0.05, 0) is 70.0 Å². The third kappa shape index (κ3) is 3.50. The van der Waals surface area contributed by atoms with Crippen LogP contribution in [-0.2, 0) is 0 Å². The van der Waals surface area contributed by atoms with E-state index in [2.05, 4.69) is 34.3 Å². The fourth-order valence-corrected chi connectivity index (χ4v) is 3.17. The molecule has 1 fully saturated rings. The first-order chi connectivity index (χ1) is 10.2. The zero-order valence-electron chi connectivity index (χ0n) is 12.9. The van der Waals surface area contributed by atoms with Crippen LogP contribution < -0.4 is 5.32 Å². The number of nitrogens with zero attached hydrogens (tertiary/aromatic N) is 3. The summed E-state index contributed by atoms with van der Waals surface area (Å²) in [5.74, 6) is 1.73. The number of nitrogens with one attached hydrogen (secondary N) is 1. The van der Waals surface area contributed by atoms with E-state index in [1.165, 1.54) is 25.7 Å². The average molecular weight is 284 g/mol. The van der Waals surface area contributed by atoms with Crippen molar-refractivity contribution in [1.82, 2.24) is 14.9 Å². The van der Waals surface area contributed by atoms with Crippen LogP contribution in [0.1, 0.15) is 25.7 Å². The van der Waals surface area contributed by atoms with Gasteiger partial charge in [0, 0.05) is 18.8 Å². The van der Waals surface area contributed by atoms with E-state index in [4.69, 9.17) is 0 Å². The van der Waals surface area contributed by atoms with E-state index in [-0.39, 0.29) is 0 Å². The lowest BCUT2D eigenvalue weighted by molar-refractivity contribution is 0.198. The average Bonchev–Trinajstić information content (AvgIpc) is 2.53. The van der Waals surface area contributed by atoms with Gasteiger partial charge in [-0.3, -0.25) is 4.98 Å². The van der Waals surface area contributed by atoms with Gasteiger partial charge in [0.25, 0.3) is 0 Å². The molecule has 0 unspecified atom stereocenters. The number of hydrogen-bond acceptors (Lipinski definition) is 4. The molecule has 4 heteroatoms. The number of pyridine rings is 2. The molecule has 112 valence electrons. The number of anilines is 1. The van der Waals surface area contributed by atoms with Gasteiger partial charge < -0.3 is 10.2 Å². The van der Waals surface area contributed by atoms with E-state index in [1.54, 1.807) is 6.20 Å². The molecular formula is C17H24N4. The van der Waals surface area contributed by atoms with E-state index < -0.39 is 0 Å².